The van der Waals surface area contributed by atoms with Crippen LogP contribution in [0.4, 0.5) is 4.79 Å². The van der Waals surface area contributed by atoms with Gasteiger partial charge in [0.1, 0.15) is 17.4 Å². The van der Waals surface area contributed by atoms with Crippen LogP contribution in [-0.2, 0) is 14.3 Å². The number of carbonyl (C=O) groups is 3. The van der Waals surface area contributed by atoms with E-state index in [0.717, 1.165) is 12.8 Å². The number of ether oxygens (including phenoxy) is 1. The fourth-order valence-electron chi connectivity index (χ4n) is 2.29. The van der Waals surface area contributed by atoms with E-state index >= 15 is 0 Å². The zero-order valence-electron chi connectivity index (χ0n) is 13.7. The highest BCUT2D eigenvalue weighted by Gasteiger charge is 2.34. The number of piperidine rings is 1. The summed E-state index contributed by atoms with van der Waals surface area (Å²) >= 11 is 0. The van der Waals surface area contributed by atoms with Gasteiger partial charge in [0, 0.05) is 19.5 Å². The molecule has 0 bridgehead atoms. The number of likely N-dealkylation sites (tertiary alicyclic amines) is 1. The maximum Gasteiger partial charge on any atom is 0.410 e. The number of rotatable bonds is 5. The van der Waals surface area contributed by atoms with Gasteiger partial charge in [-0.3, -0.25) is 14.5 Å². The lowest BCUT2D eigenvalue weighted by molar-refractivity contribution is -0.127. The van der Waals surface area contributed by atoms with E-state index < -0.39 is 17.7 Å². The van der Waals surface area contributed by atoms with E-state index in [0.29, 0.717) is 13.0 Å². The van der Waals surface area contributed by atoms with Crippen molar-refractivity contribution in [3.8, 4) is 0 Å². The highest BCUT2D eigenvalue weighted by Crippen LogP contribution is 2.20. The molecule has 0 aromatic carbocycles. The summed E-state index contributed by atoms with van der Waals surface area (Å²) in [5, 5.41) is 2.70. The minimum absolute atomic E-state index is 0.0245. The second-order valence-electron chi connectivity index (χ2n) is 6.47. The Balaban J connectivity index is 2.58. The number of ketones is 1. The van der Waals surface area contributed by atoms with E-state index in [2.05, 4.69) is 5.32 Å². The molecule has 0 aromatic heterocycles. The summed E-state index contributed by atoms with van der Waals surface area (Å²) in [7, 11) is 0. The van der Waals surface area contributed by atoms with E-state index in [4.69, 9.17) is 10.5 Å². The Kier molecular flexibility index (Phi) is 6.80. The third kappa shape index (κ3) is 6.01. The largest absolute Gasteiger partial charge is 0.444 e. The molecular formula is C15H27N3O4. The molecule has 0 spiro atoms. The number of nitrogens with zero attached hydrogens (tertiary/aromatic N) is 1. The molecule has 0 aromatic rings. The van der Waals surface area contributed by atoms with E-state index in [-0.39, 0.29) is 31.2 Å². The van der Waals surface area contributed by atoms with Crippen molar-refractivity contribution in [3.05, 3.63) is 0 Å². The van der Waals surface area contributed by atoms with Crippen molar-refractivity contribution >= 4 is 17.8 Å². The lowest BCUT2D eigenvalue weighted by Gasteiger charge is -2.35. The van der Waals surface area contributed by atoms with Gasteiger partial charge in [-0.15, -0.1) is 0 Å². The Bertz CT molecular complexity index is 418. The molecule has 22 heavy (non-hydrogen) atoms. The molecule has 0 unspecified atom stereocenters. The average molecular weight is 313 g/mol. The molecule has 1 rings (SSSR count). The Morgan fingerprint density at radius 2 is 1.95 bits per heavy atom. The van der Waals surface area contributed by atoms with Gasteiger partial charge in [-0.25, -0.2) is 4.79 Å². The second kappa shape index (κ2) is 8.12. The Morgan fingerprint density at radius 1 is 1.27 bits per heavy atom. The van der Waals surface area contributed by atoms with Crippen LogP contribution in [0, 0.1) is 0 Å². The summed E-state index contributed by atoms with van der Waals surface area (Å²) in [4.78, 5) is 37.1. The van der Waals surface area contributed by atoms with Crippen LogP contribution in [0.3, 0.4) is 0 Å². The summed E-state index contributed by atoms with van der Waals surface area (Å²) in [6.07, 6.45) is 2.09. The lowest BCUT2D eigenvalue weighted by Crippen LogP contribution is -2.53. The van der Waals surface area contributed by atoms with Crippen molar-refractivity contribution in [2.24, 2.45) is 5.73 Å². The predicted octanol–water partition coefficient (Wildman–Crippen LogP) is 0.810. The summed E-state index contributed by atoms with van der Waals surface area (Å²) < 4.78 is 5.35. The van der Waals surface area contributed by atoms with Crippen LogP contribution in [0.5, 0.6) is 0 Å². The standard InChI is InChI=1S/C15H27N3O4/c1-15(2,3)22-14(21)18-9-5-4-6-12(18)13(20)17-8-7-11(19)10-16/h12H,4-10,16H2,1-3H3,(H,17,20)/t12-/m0/s1. The first kappa shape index (κ1) is 18.4. The van der Waals surface area contributed by atoms with Gasteiger partial charge in [-0.1, -0.05) is 0 Å². The minimum Gasteiger partial charge on any atom is -0.444 e. The first-order valence-electron chi connectivity index (χ1n) is 7.73. The molecule has 1 heterocycles. The zero-order valence-corrected chi connectivity index (χ0v) is 13.7. The number of hydrogen-bond acceptors (Lipinski definition) is 5. The first-order valence-corrected chi connectivity index (χ1v) is 7.73. The van der Waals surface area contributed by atoms with Crippen LogP contribution in [0.2, 0.25) is 0 Å². The Labute approximate surface area is 131 Å². The number of nitrogens with two attached hydrogens (primary N) is 1. The lowest BCUT2D eigenvalue weighted by atomic mass is 10.0. The monoisotopic (exact) mass is 313 g/mol. The van der Waals surface area contributed by atoms with Crippen molar-refractivity contribution in [2.45, 2.75) is 58.1 Å². The van der Waals surface area contributed by atoms with Gasteiger partial charge in [-0.05, 0) is 40.0 Å². The van der Waals surface area contributed by atoms with Gasteiger partial charge >= 0.3 is 6.09 Å². The zero-order chi connectivity index (χ0) is 16.8. The minimum atomic E-state index is -0.594. The smallest absolute Gasteiger partial charge is 0.410 e. The SMILES string of the molecule is CC(C)(C)OC(=O)N1CCCC[C@H]1C(=O)NCCC(=O)CN. The number of nitrogens with one attached hydrogen (secondary N) is 1. The molecule has 1 saturated heterocycles. The molecule has 1 atom stereocenters. The molecule has 0 aliphatic carbocycles. The number of amides is 2. The normalized spacial score (nSPS) is 18.7. The molecule has 7 heteroatoms. The summed E-state index contributed by atoms with van der Waals surface area (Å²) in [6, 6.07) is -0.531. The van der Waals surface area contributed by atoms with Crippen LogP contribution in [0.1, 0.15) is 46.5 Å². The van der Waals surface area contributed by atoms with Gasteiger partial charge in [0.05, 0.1) is 6.54 Å². The Morgan fingerprint density at radius 3 is 2.55 bits per heavy atom. The van der Waals surface area contributed by atoms with Gasteiger partial charge in [-0.2, -0.15) is 0 Å². The van der Waals surface area contributed by atoms with Crippen LogP contribution in [0.25, 0.3) is 0 Å². The van der Waals surface area contributed by atoms with Crippen molar-refractivity contribution in [2.75, 3.05) is 19.6 Å². The first-order chi connectivity index (χ1) is 10.2. The fourth-order valence-corrected chi connectivity index (χ4v) is 2.29. The van der Waals surface area contributed by atoms with E-state index in [1.54, 1.807) is 20.8 Å². The van der Waals surface area contributed by atoms with Crippen LogP contribution in [0.15, 0.2) is 0 Å². The molecule has 7 nitrogen and oxygen atoms in total. The fraction of sp³-hybridized carbons (Fsp3) is 0.800. The summed E-state index contributed by atoms with van der Waals surface area (Å²) in [6.45, 7) is 6.11. The van der Waals surface area contributed by atoms with Crippen molar-refractivity contribution < 1.29 is 19.1 Å². The quantitative estimate of drug-likeness (QED) is 0.782. The van der Waals surface area contributed by atoms with Gasteiger partial charge in [0.15, 0.2) is 0 Å². The molecule has 0 saturated carbocycles. The molecule has 1 aliphatic rings. The van der Waals surface area contributed by atoms with Gasteiger partial charge < -0.3 is 15.8 Å². The number of carbonyl (C=O) groups excluding carboxylic acids is 3. The van der Waals surface area contributed by atoms with E-state index in [1.165, 1.54) is 4.90 Å². The third-order valence-corrected chi connectivity index (χ3v) is 3.36. The maximum atomic E-state index is 12.2. The van der Waals surface area contributed by atoms with Gasteiger partial charge in [0.25, 0.3) is 0 Å². The molecular weight excluding hydrogens is 286 g/mol. The van der Waals surface area contributed by atoms with Crippen LogP contribution < -0.4 is 11.1 Å². The molecule has 1 fully saturated rings. The molecule has 126 valence electrons. The van der Waals surface area contributed by atoms with Gasteiger partial charge in [0.2, 0.25) is 5.91 Å². The highest BCUT2D eigenvalue weighted by atomic mass is 16.6. The molecule has 3 N–H and O–H groups in total. The summed E-state index contributed by atoms with van der Waals surface area (Å²) in [5.41, 5.74) is 4.63. The van der Waals surface area contributed by atoms with Crippen LogP contribution >= 0.6 is 0 Å². The van der Waals surface area contributed by atoms with Crippen molar-refractivity contribution in [3.63, 3.8) is 0 Å². The topological polar surface area (TPSA) is 102 Å². The van der Waals surface area contributed by atoms with Crippen molar-refractivity contribution in [1.29, 1.82) is 0 Å². The second-order valence-corrected chi connectivity index (χ2v) is 6.47. The average Bonchev–Trinajstić information content (AvgIpc) is 2.45. The van der Waals surface area contributed by atoms with Crippen molar-refractivity contribution in [1.82, 2.24) is 10.2 Å². The van der Waals surface area contributed by atoms with E-state index in [9.17, 15) is 14.4 Å². The maximum absolute atomic E-state index is 12.2. The van der Waals surface area contributed by atoms with E-state index in [1.807, 2.05) is 0 Å². The highest BCUT2D eigenvalue weighted by molar-refractivity contribution is 5.86. The molecule has 2 amide bonds. The molecule has 0 radical (unpaired) electrons. The Hall–Kier alpha value is -1.63. The van der Waals surface area contributed by atoms with Crippen LogP contribution in [-0.4, -0.2) is 54.0 Å². The molecule has 1 aliphatic heterocycles. The number of Topliss-reactive ketones (excluding diaryl/α,β-unsaturated/α-hetero) is 1. The predicted molar refractivity (Wildman–Crippen MR) is 82.3 cm³/mol. The summed E-state index contributed by atoms with van der Waals surface area (Å²) in [5.74, 6) is -0.344. The number of hydrogen-bond donors (Lipinski definition) is 2. The third-order valence-electron chi connectivity index (χ3n) is 3.36.